The van der Waals surface area contributed by atoms with Crippen LogP contribution < -0.4 is 4.74 Å². The normalized spacial score (nSPS) is 16.4. The van der Waals surface area contributed by atoms with E-state index < -0.39 is 0 Å². The van der Waals surface area contributed by atoms with E-state index in [1.807, 2.05) is 0 Å². The second-order valence-corrected chi connectivity index (χ2v) is 3.79. The van der Waals surface area contributed by atoms with Crippen LogP contribution in [0, 0.1) is 11.3 Å². The third-order valence-electron chi connectivity index (χ3n) is 2.67. The number of morpholine rings is 1. The van der Waals surface area contributed by atoms with E-state index in [0.717, 1.165) is 32.8 Å². The van der Waals surface area contributed by atoms with Gasteiger partial charge in [0.05, 0.1) is 25.0 Å². The third kappa shape index (κ3) is 3.41. The fourth-order valence-corrected chi connectivity index (χ4v) is 1.70. The summed E-state index contributed by atoms with van der Waals surface area (Å²) in [4.78, 5) is 6.23. The Morgan fingerprint density at radius 3 is 3.06 bits per heavy atom. The predicted octanol–water partition coefficient (Wildman–Crippen LogP) is 0.664. The van der Waals surface area contributed by atoms with Gasteiger partial charge >= 0.3 is 0 Å². The van der Waals surface area contributed by atoms with Crippen LogP contribution >= 0.6 is 0 Å². The van der Waals surface area contributed by atoms with Gasteiger partial charge in [-0.15, -0.1) is 0 Å². The van der Waals surface area contributed by atoms with E-state index in [4.69, 9.17) is 14.7 Å². The summed E-state index contributed by atoms with van der Waals surface area (Å²) in [5.74, 6) is 0.559. The third-order valence-corrected chi connectivity index (χ3v) is 2.67. The second kappa shape index (κ2) is 6.18. The molecule has 0 aliphatic carbocycles. The summed E-state index contributed by atoms with van der Waals surface area (Å²) in [5.41, 5.74) is 0.530. The quantitative estimate of drug-likeness (QED) is 0.764. The molecule has 2 heterocycles. The molecule has 1 aliphatic heterocycles. The van der Waals surface area contributed by atoms with E-state index in [9.17, 15) is 0 Å². The fourth-order valence-electron chi connectivity index (χ4n) is 1.70. The Balaban J connectivity index is 1.79. The monoisotopic (exact) mass is 233 g/mol. The maximum Gasteiger partial charge on any atom is 0.155 e. The second-order valence-electron chi connectivity index (χ2n) is 3.79. The molecule has 1 saturated heterocycles. The molecule has 1 aliphatic rings. The van der Waals surface area contributed by atoms with Gasteiger partial charge in [-0.25, -0.2) is 0 Å². The number of hydrogen-bond acceptors (Lipinski definition) is 5. The summed E-state index contributed by atoms with van der Waals surface area (Å²) in [6.45, 7) is 4.89. The van der Waals surface area contributed by atoms with Crippen molar-refractivity contribution >= 4 is 0 Å². The molecular formula is C12H15N3O2. The summed E-state index contributed by atoms with van der Waals surface area (Å²) >= 11 is 0. The molecular weight excluding hydrogens is 218 g/mol. The predicted molar refractivity (Wildman–Crippen MR) is 61.7 cm³/mol. The maximum atomic E-state index is 8.88. The Labute approximate surface area is 101 Å². The molecule has 90 valence electrons. The molecule has 1 aromatic heterocycles. The molecule has 5 nitrogen and oxygen atoms in total. The molecule has 0 N–H and O–H groups in total. The van der Waals surface area contributed by atoms with Crippen molar-refractivity contribution in [2.45, 2.75) is 0 Å². The zero-order valence-corrected chi connectivity index (χ0v) is 9.63. The average Bonchev–Trinajstić information content (AvgIpc) is 2.40. The van der Waals surface area contributed by atoms with Gasteiger partial charge < -0.3 is 9.47 Å². The minimum absolute atomic E-state index is 0.530. The van der Waals surface area contributed by atoms with Crippen LogP contribution in [0.25, 0.3) is 0 Å². The lowest BCUT2D eigenvalue weighted by atomic mass is 10.3. The van der Waals surface area contributed by atoms with Crippen molar-refractivity contribution in [2.75, 3.05) is 39.5 Å². The molecule has 0 amide bonds. The highest BCUT2D eigenvalue weighted by atomic mass is 16.5. The van der Waals surface area contributed by atoms with Crippen LogP contribution in [0.4, 0.5) is 0 Å². The van der Waals surface area contributed by atoms with Gasteiger partial charge in [-0.05, 0) is 6.07 Å². The summed E-state index contributed by atoms with van der Waals surface area (Å²) in [7, 11) is 0. The SMILES string of the molecule is N#Cc1ccncc1OCCN1CCOCC1. The average molecular weight is 233 g/mol. The summed E-state index contributed by atoms with van der Waals surface area (Å²) in [6, 6.07) is 3.74. The Morgan fingerprint density at radius 1 is 1.47 bits per heavy atom. The standard InChI is InChI=1S/C12H15N3O2/c13-9-11-1-2-14-10-12(11)17-8-5-15-3-6-16-7-4-15/h1-2,10H,3-8H2. The van der Waals surface area contributed by atoms with Crippen molar-refractivity contribution in [3.63, 3.8) is 0 Å². The number of nitriles is 1. The van der Waals surface area contributed by atoms with Crippen LogP contribution in [0.15, 0.2) is 18.5 Å². The zero-order chi connectivity index (χ0) is 11.9. The van der Waals surface area contributed by atoms with Crippen molar-refractivity contribution in [1.29, 1.82) is 5.26 Å². The van der Waals surface area contributed by atoms with Crippen molar-refractivity contribution in [2.24, 2.45) is 0 Å². The fraction of sp³-hybridized carbons (Fsp3) is 0.500. The number of nitrogens with zero attached hydrogens (tertiary/aromatic N) is 3. The highest BCUT2D eigenvalue weighted by Crippen LogP contribution is 2.14. The van der Waals surface area contributed by atoms with Crippen molar-refractivity contribution in [3.05, 3.63) is 24.0 Å². The molecule has 2 rings (SSSR count). The minimum Gasteiger partial charge on any atom is -0.489 e. The van der Waals surface area contributed by atoms with E-state index in [-0.39, 0.29) is 0 Å². The van der Waals surface area contributed by atoms with E-state index in [1.165, 1.54) is 0 Å². The smallest absolute Gasteiger partial charge is 0.155 e. The lowest BCUT2D eigenvalue weighted by molar-refractivity contribution is 0.0322. The van der Waals surface area contributed by atoms with Crippen LogP contribution in [-0.4, -0.2) is 49.3 Å². The molecule has 1 fully saturated rings. The van der Waals surface area contributed by atoms with Gasteiger partial charge in [-0.3, -0.25) is 9.88 Å². The highest BCUT2D eigenvalue weighted by Gasteiger charge is 2.10. The van der Waals surface area contributed by atoms with E-state index in [0.29, 0.717) is 17.9 Å². The van der Waals surface area contributed by atoms with Crippen molar-refractivity contribution in [1.82, 2.24) is 9.88 Å². The molecule has 0 saturated carbocycles. The number of rotatable bonds is 4. The van der Waals surface area contributed by atoms with Crippen LogP contribution in [0.2, 0.25) is 0 Å². The van der Waals surface area contributed by atoms with Gasteiger partial charge in [-0.1, -0.05) is 0 Å². The molecule has 0 atom stereocenters. The Kier molecular flexibility index (Phi) is 4.30. The van der Waals surface area contributed by atoms with Crippen LogP contribution in [0.3, 0.4) is 0 Å². The van der Waals surface area contributed by atoms with Crippen LogP contribution in [0.1, 0.15) is 5.56 Å². The molecule has 0 radical (unpaired) electrons. The largest absolute Gasteiger partial charge is 0.489 e. The van der Waals surface area contributed by atoms with E-state index >= 15 is 0 Å². The minimum atomic E-state index is 0.530. The molecule has 1 aromatic rings. The van der Waals surface area contributed by atoms with Crippen molar-refractivity contribution < 1.29 is 9.47 Å². The highest BCUT2D eigenvalue weighted by molar-refractivity contribution is 5.40. The zero-order valence-electron chi connectivity index (χ0n) is 9.63. The Hall–Kier alpha value is -1.64. The lowest BCUT2D eigenvalue weighted by Crippen LogP contribution is -2.38. The number of aromatic nitrogens is 1. The molecule has 0 unspecified atom stereocenters. The number of pyridine rings is 1. The first-order chi connectivity index (χ1) is 8.40. The van der Waals surface area contributed by atoms with Gasteiger partial charge in [0.25, 0.3) is 0 Å². The maximum absolute atomic E-state index is 8.88. The van der Waals surface area contributed by atoms with Gasteiger partial charge in [0.15, 0.2) is 5.75 Å². The molecule has 17 heavy (non-hydrogen) atoms. The molecule has 5 heteroatoms. The summed E-state index contributed by atoms with van der Waals surface area (Å²) < 4.78 is 10.8. The molecule has 0 aromatic carbocycles. The first-order valence-corrected chi connectivity index (χ1v) is 5.67. The topological polar surface area (TPSA) is 58.4 Å². The van der Waals surface area contributed by atoms with Gasteiger partial charge in [0.2, 0.25) is 0 Å². The van der Waals surface area contributed by atoms with Gasteiger partial charge in [-0.2, -0.15) is 5.26 Å². The Bertz CT molecular complexity index is 397. The van der Waals surface area contributed by atoms with Gasteiger partial charge in [0, 0.05) is 25.8 Å². The number of hydrogen-bond donors (Lipinski definition) is 0. The summed E-state index contributed by atoms with van der Waals surface area (Å²) in [6.07, 6.45) is 3.17. The summed E-state index contributed by atoms with van der Waals surface area (Å²) in [5, 5.41) is 8.88. The molecule has 0 bridgehead atoms. The van der Waals surface area contributed by atoms with Gasteiger partial charge in [0.1, 0.15) is 12.7 Å². The van der Waals surface area contributed by atoms with Crippen LogP contribution in [-0.2, 0) is 4.74 Å². The lowest BCUT2D eigenvalue weighted by Gasteiger charge is -2.26. The first kappa shape index (κ1) is 11.8. The van der Waals surface area contributed by atoms with E-state index in [2.05, 4.69) is 16.0 Å². The van der Waals surface area contributed by atoms with Crippen molar-refractivity contribution in [3.8, 4) is 11.8 Å². The number of ether oxygens (including phenoxy) is 2. The first-order valence-electron chi connectivity index (χ1n) is 5.67. The Morgan fingerprint density at radius 2 is 2.29 bits per heavy atom. The van der Waals surface area contributed by atoms with Crippen LogP contribution in [0.5, 0.6) is 5.75 Å². The molecule has 0 spiro atoms. The van der Waals surface area contributed by atoms with E-state index in [1.54, 1.807) is 18.5 Å².